The van der Waals surface area contributed by atoms with Crippen LogP contribution in [0.3, 0.4) is 0 Å². The molecule has 0 saturated carbocycles. The predicted octanol–water partition coefficient (Wildman–Crippen LogP) is 4.92. The molecule has 0 unspecified atom stereocenters. The first-order valence-electron chi connectivity index (χ1n) is 6.97. The third-order valence-electron chi connectivity index (χ3n) is 3.26. The Bertz CT molecular complexity index is 860. The van der Waals surface area contributed by atoms with Crippen LogP contribution >= 0.6 is 22.9 Å². The number of anilines is 1. The first-order valence-corrected chi connectivity index (χ1v) is 8.17. The molecule has 0 saturated heterocycles. The zero-order valence-corrected chi connectivity index (χ0v) is 13.8. The Morgan fingerprint density at radius 1 is 1.17 bits per heavy atom. The van der Waals surface area contributed by atoms with Crippen LogP contribution < -0.4 is 5.32 Å². The minimum atomic E-state index is -0.692. The van der Waals surface area contributed by atoms with E-state index in [1.807, 2.05) is 0 Å². The van der Waals surface area contributed by atoms with Crippen molar-refractivity contribution in [2.24, 2.45) is 0 Å². The largest absolute Gasteiger partial charge is 0.298 e. The second kappa shape index (κ2) is 7.07. The van der Waals surface area contributed by atoms with Crippen LogP contribution in [0.5, 0.6) is 0 Å². The number of amides is 1. The first-order chi connectivity index (χ1) is 11.5. The summed E-state index contributed by atoms with van der Waals surface area (Å²) in [5.74, 6) is -1.64. The van der Waals surface area contributed by atoms with Gasteiger partial charge in [0, 0.05) is 17.5 Å². The number of aromatic nitrogens is 1. The number of benzene rings is 2. The summed E-state index contributed by atoms with van der Waals surface area (Å²) in [6, 6.07) is 10.2. The van der Waals surface area contributed by atoms with E-state index in [1.54, 1.807) is 18.3 Å². The van der Waals surface area contributed by atoms with Gasteiger partial charge in [0.05, 0.1) is 10.6 Å². The smallest absolute Gasteiger partial charge is 0.261 e. The molecule has 7 heteroatoms. The summed E-state index contributed by atoms with van der Waals surface area (Å²) in [5, 5.41) is 2.92. The van der Waals surface area contributed by atoms with Gasteiger partial charge in [0.2, 0.25) is 0 Å². The van der Waals surface area contributed by atoms with Crippen molar-refractivity contribution in [2.75, 3.05) is 5.32 Å². The van der Waals surface area contributed by atoms with Gasteiger partial charge in [-0.05, 0) is 29.8 Å². The van der Waals surface area contributed by atoms with Crippen molar-refractivity contribution in [2.45, 2.75) is 6.42 Å². The molecule has 0 radical (unpaired) electrons. The molecule has 0 aliphatic heterocycles. The fraction of sp³-hybridized carbons (Fsp3) is 0.0588. The molecule has 1 amide bonds. The highest BCUT2D eigenvalue weighted by Gasteiger charge is 2.17. The zero-order chi connectivity index (χ0) is 17.1. The van der Waals surface area contributed by atoms with Gasteiger partial charge in [-0.15, -0.1) is 11.3 Å². The second-order valence-corrected chi connectivity index (χ2v) is 6.51. The first kappa shape index (κ1) is 16.5. The van der Waals surface area contributed by atoms with Crippen LogP contribution in [0, 0.1) is 11.6 Å². The van der Waals surface area contributed by atoms with Gasteiger partial charge in [-0.3, -0.25) is 10.1 Å². The standard InChI is InChI=1S/C17H11ClF2N2OS/c18-13-2-1-3-14(20)15(13)16(23)22-17-21-9-12(24-17)8-10-4-6-11(19)7-5-10/h1-7,9H,8H2,(H,21,22,23). The molecule has 2 aromatic carbocycles. The van der Waals surface area contributed by atoms with E-state index in [-0.39, 0.29) is 16.4 Å². The van der Waals surface area contributed by atoms with Gasteiger partial charge in [0.15, 0.2) is 5.13 Å². The maximum atomic E-state index is 13.7. The van der Waals surface area contributed by atoms with E-state index in [0.29, 0.717) is 11.6 Å². The van der Waals surface area contributed by atoms with Crippen molar-refractivity contribution in [1.29, 1.82) is 0 Å². The summed E-state index contributed by atoms with van der Waals surface area (Å²) in [7, 11) is 0. The molecular formula is C17H11ClF2N2OS. The van der Waals surface area contributed by atoms with Gasteiger partial charge in [0.25, 0.3) is 5.91 Å². The summed E-state index contributed by atoms with van der Waals surface area (Å²) in [5.41, 5.74) is 0.713. The van der Waals surface area contributed by atoms with Gasteiger partial charge < -0.3 is 0 Å². The van der Waals surface area contributed by atoms with E-state index >= 15 is 0 Å². The number of halogens is 3. The lowest BCUT2D eigenvalue weighted by molar-refractivity contribution is 0.102. The van der Waals surface area contributed by atoms with E-state index in [0.717, 1.165) is 10.4 Å². The van der Waals surface area contributed by atoms with Gasteiger partial charge in [-0.1, -0.05) is 29.8 Å². The topological polar surface area (TPSA) is 42.0 Å². The molecule has 3 rings (SSSR count). The molecule has 0 spiro atoms. The minimum absolute atomic E-state index is 0.0376. The molecule has 0 aliphatic rings. The lowest BCUT2D eigenvalue weighted by Crippen LogP contribution is -2.14. The van der Waals surface area contributed by atoms with E-state index < -0.39 is 11.7 Å². The quantitative estimate of drug-likeness (QED) is 0.714. The van der Waals surface area contributed by atoms with Crippen molar-refractivity contribution in [3.8, 4) is 0 Å². The molecule has 3 nitrogen and oxygen atoms in total. The molecule has 0 atom stereocenters. The number of hydrogen-bond donors (Lipinski definition) is 1. The number of nitrogens with zero attached hydrogens (tertiary/aromatic N) is 1. The van der Waals surface area contributed by atoms with Crippen LogP contribution in [0.15, 0.2) is 48.7 Å². The van der Waals surface area contributed by atoms with Crippen LogP contribution in [0.4, 0.5) is 13.9 Å². The maximum absolute atomic E-state index is 13.7. The molecule has 24 heavy (non-hydrogen) atoms. The molecular weight excluding hydrogens is 354 g/mol. The number of nitrogens with one attached hydrogen (secondary N) is 1. The van der Waals surface area contributed by atoms with Crippen LogP contribution in [0.1, 0.15) is 20.8 Å². The summed E-state index contributed by atoms with van der Waals surface area (Å²) >= 11 is 7.13. The van der Waals surface area contributed by atoms with Crippen molar-refractivity contribution in [1.82, 2.24) is 4.98 Å². The molecule has 0 fully saturated rings. The molecule has 1 heterocycles. The monoisotopic (exact) mass is 364 g/mol. The molecule has 0 bridgehead atoms. The van der Waals surface area contributed by atoms with Crippen LogP contribution in [-0.4, -0.2) is 10.9 Å². The van der Waals surface area contributed by atoms with E-state index in [4.69, 9.17) is 11.6 Å². The van der Waals surface area contributed by atoms with E-state index in [1.165, 1.54) is 41.7 Å². The number of rotatable bonds is 4. The molecule has 1 N–H and O–H groups in total. The SMILES string of the molecule is O=C(Nc1ncc(Cc2ccc(F)cc2)s1)c1c(F)cccc1Cl. The Morgan fingerprint density at radius 3 is 2.62 bits per heavy atom. The predicted molar refractivity (Wildman–Crippen MR) is 90.7 cm³/mol. The second-order valence-electron chi connectivity index (χ2n) is 4.99. The number of carbonyl (C=O) groups is 1. The van der Waals surface area contributed by atoms with Crippen molar-refractivity contribution < 1.29 is 13.6 Å². The molecule has 0 aliphatic carbocycles. The third kappa shape index (κ3) is 3.77. The van der Waals surface area contributed by atoms with E-state index in [9.17, 15) is 13.6 Å². The number of thiazole rings is 1. The van der Waals surface area contributed by atoms with Gasteiger partial charge in [-0.2, -0.15) is 0 Å². The Hall–Kier alpha value is -2.31. The fourth-order valence-electron chi connectivity index (χ4n) is 2.12. The molecule has 1 aromatic heterocycles. The average molecular weight is 365 g/mol. The normalized spacial score (nSPS) is 10.6. The maximum Gasteiger partial charge on any atom is 0.261 e. The molecule has 122 valence electrons. The average Bonchev–Trinajstić information content (AvgIpc) is 2.96. The van der Waals surface area contributed by atoms with E-state index in [2.05, 4.69) is 10.3 Å². The summed E-state index contributed by atoms with van der Waals surface area (Å²) < 4.78 is 26.6. The highest BCUT2D eigenvalue weighted by atomic mass is 35.5. The third-order valence-corrected chi connectivity index (χ3v) is 4.48. The van der Waals surface area contributed by atoms with Crippen molar-refractivity contribution in [3.63, 3.8) is 0 Å². The lowest BCUT2D eigenvalue weighted by atomic mass is 10.1. The molecule has 3 aromatic rings. The fourth-order valence-corrected chi connectivity index (χ4v) is 3.22. The van der Waals surface area contributed by atoms with Crippen molar-refractivity contribution >= 4 is 34.0 Å². The van der Waals surface area contributed by atoms with Crippen LogP contribution in [0.25, 0.3) is 0 Å². The lowest BCUT2D eigenvalue weighted by Gasteiger charge is -2.04. The Morgan fingerprint density at radius 2 is 1.92 bits per heavy atom. The van der Waals surface area contributed by atoms with Crippen LogP contribution in [-0.2, 0) is 6.42 Å². The summed E-state index contributed by atoms with van der Waals surface area (Å²) in [4.78, 5) is 17.1. The van der Waals surface area contributed by atoms with Gasteiger partial charge in [-0.25, -0.2) is 13.8 Å². The summed E-state index contributed by atoms with van der Waals surface area (Å²) in [6.45, 7) is 0. The van der Waals surface area contributed by atoms with Gasteiger partial charge in [0.1, 0.15) is 11.6 Å². The highest BCUT2D eigenvalue weighted by Crippen LogP contribution is 2.24. The Labute approximate surface area is 145 Å². The van der Waals surface area contributed by atoms with Crippen molar-refractivity contribution in [3.05, 3.63) is 81.3 Å². The highest BCUT2D eigenvalue weighted by molar-refractivity contribution is 7.15. The number of hydrogen-bond acceptors (Lipinski definition) is 3. The van der Waals surface area contributed by atoms with Gasteiger partial charge >= 0.3 is 0 Å². The summed E-state index contributed by atoms with van der Waals surface area (Å²) in [6.07, 6.45) is 2.18. The van der Waals surface area contributed by atoms with Crippen LogP contribution in [0.2, 0.25) is 5.02 Å². The number of carbonyl (C=O) groups excluding carboxylic acids is 1. The zero-order valence-electron chi connectivity index (χ0n) is 12.2. The Kier molecular flexibility index (Phi) is 4.87. The Balaban J connectivity index is 1.72. The minimum Gasteiger partial charge on any atom is -0.298 e.